The summed E-state index contributed by atoms with van der Waals surface area (Å²) in [6.45, 7) is 1.57. The molecule has 1 aromatic rings. The Hall–Kier alpha value is -2.08. The van der Waals surface area contributed by atoms with Gasteiger partial charge in [-0.25, -0.2) is 4.79 Å². The largest absolute Gasteiger partial charge is 0.393 e. The fourth-order valence-corrected chi connectivity index (χ4v) is 3.78. The molecule has 0 aromatic heterocycles. The maximum absolute atomic E-state index is 13.0. The van der Waals surface area contributed by atoms with Crippen molar-refractivity contribution in [2.24, 2.45) is 0 Å². The van der Waals surface area contributed by atoms with Gasteiger partial charge in [0, 0.05) is 19.6 Å². The van der Waals surface area contributed by atoms with Crippen molar-refractivity contribution >= 4 is 11.9 Å². The number of carbonyl (C=O) groups excluding carboxylic acids is 2. The number of nitrogens with one attached hydrogen (secondary N) is 2. The van der Waals surface area contributed by atoms with Crippen LogP contribution in [0.5, 0.6) is 0 Å². The van der Waals surface area contributed by atoms with E-state index in [0.29, 0.717) is 45.3 Å². The standard InChI is InChI=1S/C19H27N3O3/c23-16-8-12-22(13-9-16)17(24)19(10-4-5-11-19)21-18(25)20-14-15-6-2-1-3-7-15/h1-3,6-7,16,23H,4-5,8-14H2,(H2,20,21,25). The third-order valence-corrected chi connectivity index (χ3v) is 5.27. The van der Waals surface area contributed by atoms with Gasteiger partial charge < -0.3 is 20.6 Å². The van der Waals surface area contributed by atoms with Crippen LogP contribution in [0.2, 0.25) is 0 Å². The fourth-order valence-electron chi connectivity index (χ4n) is 3.78. The van der Waals surface area contributed by atoms with Gasteiger partial charge in [-0.05, 0) is 31.2 Å². The smallest absolute Gasteiger partial charge is 0.315 e. The van der Waals surface area contributed by atoms with Gasteiger partial charge in [-0.15, -0.1) is 0 Å². The second-order valence-electron chi connectivity index (χ2n) is 7.11. The van der Waals surface area contributed by atoms with Crippen LogP contribution in [0.3, 0.4) is 0 Å². The molecule has 6 heteroatoms. The number of benzene rings is 1. The number of hydrogen-bond acceptors (Lipinski definition) is 3. The number of likely N-dealkylation sites (tertiary alicyclic amines) is 1. The number of amides is 3. The monoisotopic (exact) mass is 345 g/mol. The van der Waals surface area contributed by atoms with E-state index < -0.39 is 5.54 Å². The molecule has 1 saturated carbocycles. The highest BCUT2D eigenvalue weighted by Gasteiger charge is 2.45. The molecule has 25 heavy (non-hydrogen) atoms. The molecule has 0 radical (unpaired) electrons. The van der Waals surface area contributed by atoms with Crippen molar-refractivity contribution in [3.05, 3.63) is 35.9 Å². The molecule has 0 spiro atoms. The number of carbonyl (C=O) groups is 2. The lowest BCUT2D eigenvalue weighted by atomic mass is 9.94. The zero-order chi connectivity index (χ0) is 17.7. The Morgan fingerprint density at radius 1 is 1.12 bits per heavy atom. The Morgan fingerprint density at radius 2 is 1.76 bits per heavy atom. The zero-order valence-corrected chi connectivity index (χ0v) is 14.5. The van der Waals surface area contributed by atoms with E-state index in [1.54, 1.807) is 4.90 Å². The first kappa shape index (κ1) is 17.7. The third-order valence-electron chi connectivity index (χ3n) is 5.27. The highest BCUT2D eigenvalue weighted by Crippen LogP contribution is 2.32. The minimum atomic E-state index is -0.789. The Labute approximate surface area is 148 Å². The summed E-state index contributed by atoms with van der Waals surface area (Å²) in [7, 11) is 0. The summed E-state index contributed by atoms with van der Waals surface area (Å²) in [4.78, 5) is 27.2. The molecule has 2 aliphatic rings. The van der Waals surface area contributed by atoms with Crippen molar-refractivity contribution in [1.29, 1.82) is 0 Å². The SMILES string of the molecule is O=C(NCc1ccccc1)NC1(C(=O)N2CCC(O)CC2)CCCC1. The number of hydrogen-bond donors (Lipinski definition) is 3. The molecule has 1 heterocycles. The van der Waals surface area contributed by atoms with Crippen molar-refractivity contribution in [3.63, 3.8) is 0 Å². The second kappa shape index (κ2) is 7.87. The van der Waals surface area contributed by atoms with E-state index in [2.05, 4.69) is 10.6 Å². The van der Waals surface area contributed by atoms with E-state index in [1.165, 1.54) is 0 Å². The summed E-state index contributed by atoms with van der Waals surface area (Å²) >= 11 is 0. The van der Waals surface area contributed by atoms with E-state index in [9.17, 15) is 14.7 Å². The number of rotatable bonds is 4. The average molecular weight is 345 g/mol. The number of piperidine rings is 1. The summed E-state index contributed by atoms with van der Waals surface area (Å²) in [5.41, 5.74) is 0.234. The zero-order valence-electron chi connectivity index (χ0n) is 14.5. The van der Waals surface area contributed by atoms with Crippen LogP contribution in [0.1, 0.15) is 44.1 Å². The first-order chi connectivity index (χ1) is 12.1. The Kier molecular flexibility index (Phi) is 5.58. The van der Waals surface area contributed by atoms with Crippen molar-refractivity contribution < 1.29 is 14.7 Å². The number of nitrogens with zero attached hydrogens (tertiary/aromatic N) is 1. The molecule has 3 amide bonds. The Morgan fingerprint density at radius 3 is 2.40 bits per heavy atom. The number of urea groups is 1. The van der Waals surface area contributed by atoms with Crippen LogP contribution in [0.15, 0.2) is 30.3 Å². The van der Waals surface area contributed by atoms with Crippen LogP contribution in [-0.4, -0.2) is 46.7 Å². The molecule has 1 aliphatic carbocycles. The molecule has 1 saturated heterocycles. The first-order valence-electron chi connectivity index (χ1n) is 9.16. The summed E-state index contributed by atoms with van der Waals surface area (Å²) in [6, 6.07) is 9.41. The van der Waals surface area contributed by atoms with Crippen LogP contribution in [0.25, 0.3) is 0 Å². The predicted octanol–water partition coefficient (Wildman–Crippen LogP) is 1.78. The number of aliphatic hydroxyl groups excluding tert-OH is 1. The van der Waals surface area contributed by atoms with Gasteiger partial charge in [0.15, 0.2) is 0 Å². The minimum Gasteiger partial charge on any atom is -0.393 e. The topological polar surface area (TPSA) is 81.7 Å². The minimum absolute atomic E-state index is 0.00626. The molecule has 1 aliphatic heterocycles. The predicted molar refractivity (Wildman–Crippen MR) is 94.8 cm³/mol. The van der Waals surface area contributed by atoms with Crippen LogP contribution in [0, 0.1) is 0 Å². The van der Waals surface area contributed by atoms with Crippen molar-refractivity contribution in [2.45, 2.75) is 56.7 Å². The third kappa shape index (κ3) is 4.31. The van der Waals surface area contributed by atoms with Gasteiger partial charge >= 0.3 is 6.03 Å². The lowest BCUT2D eigenvalue weighted by molar-refractivity contribution is -0.139. The van der Waals surface area contributed by atoms with Gasteiger partial charge in [0.1, 0.15) is 5.54 Å². The second-order valence-corrected chi connectivity index (χ2v) is 7.11. The lowest BCUT2D eigenvalue weighted by Gasteiger charge is -2.38. The van der Waals surface area contributed by atoms with E-state index in [0.717, 1.165) is 18.4 Å². The quantitative estimate of drug-likeness (QED) is 0.778. The van der Waals surface area contributed by atoms with Crippen LogP contribution < -0.4 is 10.6 Å². The summed E-state index contributed by atoms with van der Waals surface area (Å²) < 4.78 is 0. The van der Waals surface area contributed by atoms with Gasteiger partial charge in [-0.1, -0.05) is 43.2 Å². The van der Waals surface area contributed by atoms with E-state index >= 15 is 0 Å². The van der Waals surface area contributed by atoms with Gasteiger partial charge in [0.25, 0.3) is 0 Å². The molecule has 0 bridgehead atoms. The highest BCUT2D eigenvalue weighted by atomic mass is 16.3. The molecule has 6 nitrogen and oxygen atoms in total. The molecule has 3 N–H and O–H groups in total. The first-order valence-corrected chi connectivity index (χ1v) is 9.16. The van der Waals surface area contributed by atoms with E-state index in [-0.39, 0.29) is 18.0 Å². The lowest BCUT2D eigenvalue weighted by Crippen LogP contribution is -2.61. The molecular formula is C19H27N3O3. The van der Waals surface area contributed by atoms with Crippen molar-refractivity contribution in [2.75, 3.05) is 13.1 Å². The molecule has 3 rings (SSSR count). The highest BCUT2D eigenvalue weighted by molar-refractivity contribution is 5.91. The van der Waals surface area contributed by atoms with Crippen LogP contribution >= 0.6 is 0 Å². The van der Waals surface area contributed by atoms with Crippen molar-refractivity contribution in [1.82, 2.24) is 15.5 Å². The summed E-state index contributed by atoms with van der Waals surface area (Å²) in [5.74, 6) is 0.00626. The van der Waals surface area contributed by atoms with Gasteiger partial charge in [-0.3, -0.25) is 4.79 Å². The summed E-state index contributed by atoms with van der Waals surface area (Å²) in [6.07, 6.45) is 4.17. The molecular weight excluding hydrogens is 318 g/mol. The normalized spacial score (nSPS) is 20.3. The number of aliphatic hydroxyl groups is 1. The van der Waals surface area contributed by atoms with E-state index in [4.69, 9.17) is 0 Å². The molecule has 136 valence electrons. The maximum atomic E-state index is 13.0. The average Bonchev–Trinajstić information content (AvgIpc) is 3.10. The Bertz CT molecular complexity index is 591. The fraction of sp³-hybridized carbons (Fsp3) is 0.579. The molecule has 0 atom stereocenters. The van der Waals surface area contributed by atoms with Gasteiger partial charge in [0.2, 0.25) is 5.91 Å². The summed E-state index contributed by atoms with van der Waals surface area (Å²) in [5, 5.41) is 15.5. The van der Waals surface area contributed by atoms with E-state index in [1.807, 2.05) is 30.3 Å². The van der Waals surface area contributed by atoms with Crippen LogP contribution in [0.4, 0.5) is 4.79 Å². The van der Waals surface area contributed by atoms with Crippen molar-refractivity contribution in [3.8, 4) is 0 Å². The van der Waals surface area contributed by atoms with Gasteiger partial charge in [-0.2, -0.15) is 0 Å². The molecule has 0 unspecified atom stereocenters. The molecule has 2 fully saturated rings. The van der Waals surface area contributed by atoms with Crippen LogP contribution in [-0.2, 0) is 11.3 Å². The Balaban J connectivity index is 1.60. The van der Waals surface area contributed by atoms with Gasteiger partial charge in [0.05, 0.1) is 6.10 Å². The molecule has 1 aromatic carbocycles. The maximum Gasteiger partial charge on any atom is 0.315 e.